The summed E-state index contributed by atoms with van der Waals surface area (Å²) in [7, 11) is 0. The molecule has 3 rings (SSSR count). The first kappa shape index (κ1) is 25.1. The largest absolute Gasteiger partial charge is 0.392 e. The Morgan fingerprint density at radius 3 is 2.52 bits per heavy atom. The fraction of sp³-hybridized carbons (Fsp3) is 0.560. The van der Waals surface area contributed by atoms with Crippen LogP contribution in [0.2, 0.25) is 0 Å². The standard InChI is InChI=1S/C19H29N3O2.C6H10O/c1-3-16(4-2)21-19(24)13-22-11-9-17(10-12-22)20-18-8-6-5-7-15(18)14-23;1-5-2-3-6(7)4-5/h3,5-8,16-17,20,23H,1,4,9-14H2,2H3,(H,21,24);4,6-7H,2-3H2,1H3. The van der Waals surface area contributed by atoms with Crippen molar-refractivity contribution >= 4 is 11.6 Å². The predicted molar refractivity (Wildman–Crippen MR) is 127 cm³/mol. The Bertz CT molecular complexity index is 726. The van der Waals surface area contributed by atoms with Crippen LogP contribution in [-0.2, 0) is 11.4 Å². The van der Waals surface area contributed by atoms with Crippen LogP contribution >= 0.6 is 0 Å². The molecule has 1 aliphatic heterocycles. The number of likely N-dealkylation sites (tertiary alicyclic amines) is 1. The molecule has 6 heteroatoms. The molecule has 31 heavy (non-hydrogen) atoms. The highest BCUT2D eigenvalue weighted by atomic mass is 16.3. The summed E-state index contributed by atoms with van der Waals surface area (Å²) in [6.45, 7) is 10.1. The fourth-order valence-corrected chi connectivity index (χ4v) is 3.91. The molecule has 2 atom stereocenters. The van der Waals surface area contributed by atoms with Crippen molar-refractivity contribution in [2.45, 2.75) is 70.7 Å². The minimum atomic E-state index is -0.139. The zero-order chi connectivity index (χ0) is 22.6. The van der Waals surface area contributed by atoms with E-state index >= 15 is 0 Å². The number of amides is 1. The molecule has 6 nitrogen and oxygen atoms in total. The Morgan fingerprint density at radius 2 is 2.00 bits per heavy atom. The summed E-state index contributed by atoms with van der Waals surface area (Å²) in [5, 5.41) is 24.7. The van der Waals surface area contributed by atoms with Gasteiger partial charge in [0.05, 0.1) is 19.3 Å². The van der Waals surface area contributed by atoms with E-state index in [1.165, 1.54) is 5.57 Å². The van der Waals surface area contributed by atoms with Gasteiger partial charge in [-0.15, -0.1) is 6.58 Å². The van der Waals surface area contributed by atoms with Crippen molar-refractivity contribution in [3.05, 3.63) is 54.1 Å². The monoisotopic (exact) mass is 429 g/mol. The number of benzene rings is 1. The number of piperidine rings is 1. The molecule has 1 heterocycles. The molecule has 1 aliphatic carbocycles. The molecule has 0 bridgehead atoms. The normalized spacial score (nSPS) is 20.3. The first-order valence-electron chi connectivity index (χ1n) is 11.4. The van der Waals surface area contributed by atoms with Crippen LogP contribution in [0.15, 0.2) is 48.6 Å². The Balaban J connectivity index is 0.000000412. The molecule has 0 aromatic heterocycles. The van der Waals surface area contributed by atoms with Gasteiger partial charge >= 0.3 is 0 Å². The van der Waals surface area contributed by atoms with Crippen molar-refractivity contribution in [1.29, 1.82) is 0 Å². The number of anilines is 1. The number of hydrogen-bond acceptors (Lipinski definition) is 5. The van der Waals surface area contributed by atoms with Gasteiger partial charge < -0.3 is 20.8 Å². The fourth-order valence-electron chi connectivity index (χ4n) is 3.91. The smallest absolute Gasteiger partial charge is 0.234 e. The highest BCUT2D eigenvalue weighted by Crippen LogP contribution is 2.20. The minimum Gasteiger partial charge on any atom is -0.392 e. The number of nitrogens with zero attached hydrogens (tertiary/aromatic N) is 1. The Labute approximate surface area is 187 Å². The van der Waals surface area contributed by atoms with Crippen molar-refractivity contribution in [2.75, 3.05) is 25.0 Å². The van der Waals surface area contributed by atoms with Gasteiger partial charge in [-0.25, -0.2) is 0 Å². The first-order valence-corrected chi connectivity index (χ1v) is 11.4. The van der Waals surface area contributed by atoms with E-state index in [4.69, 9.17) is 5.11 Å². The van der Waals surface area contributed by atoms with Crippen molar-refractivity contribution in [3.63, 3.8) is 0 Å². The lowest BCUT2D eigenvalue weighted by Gasteiger charge is -2.33. The number of hydrogen-bond donors (Lipinski definition) is 4. The number of allylic oxidation sites excluding steroid dienone is 1. The molecule has 172 valence electrons. The molecule has 0 saturated carbocycles. The molecule has 0 radical (unpaired) electrons. The third-order valence-electron chi connectivity index (χ3n) is 5.88. The maximum atomic E-state index is 12.1. The summed E-state index contributed by atoms with van der Waals surface area (Å²) >= 11 is 0. The average molecular weight is 430 g/mol. The van der Waals surface area contributed by atoms with Crippen LogP contribution in [0.5, 0.6) is 0 Å². The van der Waals surface area contributed by atoms with Crippen LogP contribution < -0.4 is 10.6 Å². The van der Waals surface area contributed by atoms with Crippen molar-refractivity contribution in [1.82, 2.24) is 10.2 Å². The molecule has 1 amide bonds. The van der Waals surface area contributed by atoms with Crippen molar-refractivity contribution in [2.24, 2.45) is 0 Å². The Kier molecular flexibility index (Phi) is 10.8. The molecule has 1 aromatic rings. The van der Waals surface area contributed by atoms with Gasteiger partial charge in [-0.2, -0.15) is 0 Å². The van der Waals surface area contributed by atoms with E-state index < -0.39 is 0 Å². The number of carbonyl (C=O) groups is 1. The number of para-hydroxylation sites is 1. The van der Waals surface area contributed by atoms with Crippen LogP contribution in [0.4, 0.5) is 5.69 Å². The van der Waals surface area contributed by atoms with Crippen molar-refractivity contribution in [3.8, 4) is 0 Å². The maximum Gasteiger partial charge on any atom is 0.234 e. The van der Waals surface area contributed by atoms with Crippen LogP contribution in [-0.4, -0.2) is 58.8 Å². The minimum absolute atomic E-state index is 0.0457. The zero-order valence-electron chi connectivity index (χ0n) is 19.0. The molecule has 4 N–H and O–H groups in total. The Hall–Kier alpha value is -2.15. The van der Waals surface area contributed by atoms with E-state index in [1.807, 2.05) is 37.3 Å². The molecule has 1 saturated heterocycles. The van der Waals surface area contributed by atoms with E-state index in [-0.39, 0.29) is 24.7 Å². The molecule has 1 aromatic carbocycles. The van der Waals surface area contributed by atoms with Gasteiger partial charge in [-0.05, 0) is 45.1 Å². The summed E-state index contributed by atoms with van der Waals surface area (Å²) in [4.78, 5) is 14.2. The first-order chi connectivity index (χ1) is 14.9. The predicted octanol–water partition coefficient (Wildman–Crippen LogP) is 3.22. The average Bonchev–Trinajstić information content (AvgIpc) is 3.16. The molecular formula is C25H39N3O3. The third-order valence-corrected chi connectivity index (χ3v) is 5.88. The van der Waals surface area contributed by atoms with E-state index in [2.05, 4.69) is 29.0 Å². The lowest BCUT2D eigenvalue weighted by Crippen LogP contribution is -2.45. The van der Waals surface area contributed by atoms with Gasteiger partial charge in [-0.1, -0.05) is 42.8 Å². The molecular weight excluding hydrogens is 390 g/mol. The highest BCUT2D eigenvalue weighted by molar-refractivity contribution is 5.78. The second kappa shape index (κ2) is 13.3. The molecule has 0 spiro atoms. The number of aliphatic hydroxyl groups is 2. The van der Waals surface area contributed by atoms with E-state index in [0.29, 0.717) is 12.6 Å². The zero-order valence-corrected chi connectivity index (χ0v) is 19.0. The van der Waals surface area contributed by atoms with Crippen LogP contribution in [0, 0.1) is 0 Å². The van der Waals surface area contributed by atoms with Gasteiger partial charge in [0, 0.05) is 36.4 Å². The van der Waals surface area contributed by atoms with Crippen LogP contribution in [0.25, 0.3) is 0 Å². The van der Waals surface area contributed by atoms with Gasteiger partial charge in [0.15, 0.2) is 0 Å². The lowest BCUT2D eigenvalue weighted by molar-refractivity contribution is -0.122. The van der Waals surface area contributed by atoms with Crippen LogP contribution in [0.3, 0.4) is 0 Å². The topological polar surface area (TPSA) is 84.8 Å². The summed E-state index contributed by atoms with van der Waals surface area (Å²) in [5.74, 6) is 0.0683. The maximum absolute atomic E-state index is 12.1. The summed E-state index contributed by atoms with van der Waals surface area (Å²) in [6.07, 6.45) is 8.43. The molecule has 2 unspecified atom stereocenters. The summed E-state index contributed by atoms with van der Waals surface area (Å²) in [5.41, 5.74) is 3.26. The van der Waals surface area contributed by atoms with E-state index in [9.17, 15) is 9.90 Å². The lowest BCUT2D eigenvalue weighted by atomic mass is 10.0. The molecule has 1 fully saturated rings. The second-order valence-electron chi connectivity index (χ2n) is 8.45. The second-order valence-corrected chi connectivity index (χ2v) is 8.45. The SMILES string of the molecule is C=CC(CC)NC(=O)CN1CCC(Nc2ccccc2CO)CC1.CC1=CC(O)CC1. The highest BCUT2D eigenvalue weighted by Gasteiger charge is 2.21. The number of carbonyl (C=O) groups excluding carboxylic acids is 1. The van der Waals surface area contributed by atoms with E-state index in [0.717, 1.165) is 56.4 Å². The number of rotatable bonds is 8. The van der Waals surface area contributed by atoms with Gasteiger partial charge in [0.25, 0.3) is 0 Å². The van der Waals surface area contributed by atoms with E-state index in [1.54, 1.807) is 6.08 Å². The van der Waals surface area contributed by atoms with Crippen LogP contribution in [0.1, 0.15) is 51.5 Å². The quantitative estimate of drug-likeness (QED) is 0.477. The van der Waals surface area contributed by atoms with Crippen molar-refractivity contribution < 1.29 is 15.0 Å². The summed E-state index contributed by atoms with van der Waals surface area (Å²) in [6, 6.07) is 8.30. The molecule has 2 aliphatic rings. The van der Waals surface area contributed by atoms with Gasteiger partial charge in [0.1, 0.15) is 0 Å². The summed E-state index contributed by atoms with van der Waals surface area (Å²) < 4.78 is 0. The Morgan fingerprint density at radius 1 is 1.29 bits per heavy atom. The number of nitrogens with one attached hydrogen (secondary N) is 2. The third kappa shape index (κ3) is 8.85. The van der Waals surface area contributed by atoms with Gasteiger partial charge in [0.2, 0.25) is 5.91 Å². The van der Waals surface area contributed by atoms with Gasteiger partial charge in [-0.3, -0.25) is 9.69 Å². The number of aliphatic hydroxyl groups excluding tert-OH is 2.